The fraction of sp³-hybridized carbons (Fsp3) is 0.167. The number of carbonyl (C=O) groups excluding carboxylic acids is 1. The largest absolute Gasteiger partial charge is 0.493 e. The van der Waals surface area contributed by atoms with E-state index in [0.29, 0.717) is 35.9 Å². The molecule has 4 aromatic rings. The van der Waals surface area contributed by atoms with Gasteiger partial charge < -0.3 is 9.47 Å². The smallest absolute Gasteiger partial charge is 0.271 e. The summed E-state index contributed by atoms with van der Waals surface area (Å²) in [5.41, 5.74) is 6.47. The molecule has 1 heterocycles. The number of hydrogen-bond acceptors (Lipinski definition) is 6. The number of nitrogens with one attached hydrogen (secondary N) is 1. The highest BCUT2D eigenvalue weighted by atomic mass is 16.5. The van der Waals surface area contributed by atoms with Gasteiger partial charge in [0.25, 0.3) is 5.91 Å². The number of nitrogens with zero attached hydrogens (tertiary/aromatic N) is 4. The molecule has 1 amide bonds. The minimum absolute atomic E-state index is 0.287. The number of rotatable bonds is 8. The van der Waals surface area contributed by atoms with Crippen LogP contribution < -0.4 is 14.9 Å². The standard InChI is InChI=1S/C24H23N5O3/c1-17(15-29-21-8-4-3-7-20(21)26-28-29)25-27-24(30)19-13-11-18(12-14-19)16-32-23-10-6-5-9-22(23)31-2/h3-14H,15-16H2,1-2H3,(H,27,30)/b25-17-. The van der Waals surface area contributed by atoms with Gasteiger partial charge >= 0.3 is 0 Å². The van der Waals surface area contributed by atoms with Crippen molar-refractivity contribution < 1.29 is 14.3 Å². The average Bonchev–Trinajstić information content (AvgIpc) is 3.24. The van der Waals surface area contributed by atoms with Crippen molar-refractivity contribution in [3.63, 3.8) is 0 Å². The molecule has 1 aromatic heterocycles. The monoisotopic (exact) mass is 429 g/mol. The lowest BCUT2D eigenvalue weighted by Crippen LogP contribution is -2.20. The Morgan fingerprint density at radius 1 is 1.00 bits per heavy atom. The van der Waals surface area contributed by atoms with Gasteiger partial charge in [-0.2, -0.15) is 5.10 Å². The predicted octanol–water partition coefficient (Wildman–Crippen LogP) is 3.82. The van der Waals surface area contributed by atoms with Crippen LogP contribution in [0.25, 0.3) is 11.0 Å². The summed E-state index contributed by atoms with van der Waals surface area (Å²) in [6.07, 6.45) is 0. The van der Waals surface area contributed by atoms with Gasteiger partial charge in [0.2, 0.25) is 0 Å². The van der Waals surface area contributed by atoms with E-state index in [1.807, 2.05) is 67.6 Å². The van der Waals surface area contributed by atoms with Crippen molar-refractivity contribution in [3.8, 4) is 11.5 Å². The third-order valence-corrected chi connectivity index (χ3v) is 4.83. The molecule has 8 heteroatoms. The van der Waals surface area contributed by atoms with E-state index < -0.39 is 0 Å². The van der Waals surface area contributed by atoms with Crippen LogP contribution in [0.4, 0.5) is 0 Å². The van der Waals surface area contributed by atoms with E-state index >= 15 is 0 Å². The Hall–Kier alpha value is -4.20. The Morgan fingerprint density at radius 3 is 2.50 bits per heavy atom. The molecule has 32 heavy (non-hydrogen) atoms. The molecule has 3 aromatic carbocycles. The van der Waals surface area contributed by atoms with Crippen LogP contribution in [-0.4, -0.2) is 33.7 Å². The SMILES string of the molecule is COc1ccccc1OCc1ccc(C(=O)N/N=C(/C)Cn2nnc3ccccc32)cc1. The van der Waals surface area contributed by atoms with E-state index in [9.17, 15) is 4.79 Å². The van der Waals surface area contributed by atoms with Crippen LogP contribution in [0.2, 0.25) is 0 Å². The zero-order valence-electron chi connectivity index (χ0n) is 17.9. The van der Waals surface area contributed by atoms with Crippen molar-refractivity contribution in [2.75, 3.05) is 7.11 Å². The highest BCUT2D eigenvalue weighted by Crippen LogP contribution is 2.26. The first-order valence-corrected chi connectivity index (χ1v) is 10.1. The zero-order chi connectivity index (χ0) is 22.3. The van der Waals surface area contributed by atoms with E-state index in [4.69, 9.17) is 9.47 Å². The summed E-state index contributed by atoms with van der Waals surface area (Å²) < 4.78 is 12.8. The Labute approximate surface area is 185 Å². The van der Waals surface area contributed by atoms with E-state index in [1.165, 1.54) is 0 Å². The molecule has 4 rings (SSSR count). The minimum atomic E-state index is -0.287. The first-order valence-electron chi connectivity index (χ1n) is 10.1. The van der Waals surface area contributed by atoms with Crippen LogP contribution in [0.15, 0.2) is 77.9 Å². The van der Waals surface area contributed by atoms with Gasteiger partial charge in [-0.3, -0.25) is 4.79 Å². The number of methoxy groups -OCH3 is 1. The van der Waals surface area contributed by atoms with Crippen molar-refractivity contribution in [3.05, 3.63) is 83.9 Å². The topological polar surface area (TPSA) is 90.6 Å². The summed E-state index contributed by atoms with van der Waals surface area (Å²) in [5, 5.41) is 12.4. The molecule has 0 atom stereocenters. The van der Waals surface area contributed by atoms with Crippen LogP contribution in [0.5, 0.6) is 11.5 Å². The molecule has 0 spiro atoms. The molecule has 0 aliphatic heterocycles. The van der Waals surface area contributed by atoms with Crippen molar-refractivity contribution in [2.45, 2.75) is 20.1 Å². The second-order valence-electron chi connectivity index (χ2n) is 7.16. The van der Waals surface area contributed by atoms with Gasteiger partial charge in [-0.15, -0.1) is 5.10 Å². The maximum atomic E-state index is 12.4. The molecule has 0 aliphatic rings. The number of para-hydroxylation sites is 3. The van der Waals surface area contributed by atoms with Crippen LogP contribution in [0.1, 0.15) is 22.8 Å². The van der Waals surface area contributed by atoms with Crippen molar-refractivity contribution in [1.29, 1.82) is 0 Å². The zero-order valence-corrected chi connectivity index (χ0v) is 17.9. The number of hydrogen-bond donors (Lipinski definition) is 1. The number of hydrazone groups is 1. The molecule has 0 unspecified atom stereocenters. The van der Waals surface area contributed by atoms with Gasteiger partial charge in [0.15, 0.2) is 11.5 Å². The van der Waals surface area contributed by atoms with Gasteiger partial charge in [-0.1, -0.05) is 41.6 Å². The number of amides is 1. The molecule has 0 aliphatic carbocycles. The Morgan fingerprint density at radius 2 is 1.72 bits per heavy atom. The lowest BCUT2D eigenvalue weighted by Gasteiger charge is -2.10. The first kappa shape index (κ1) is 21.0. The number of aromatic nitrogens is 3. The number of ether oxygens (including phenoxy) is 2. The fourth-order valence-electron chi connectivity index (χ4n) is 3.15. The molecule has 162 valence electrons. The summed E-state index contributed by atoms with van der Waals surface area (Å²) in [7, 11) is 1.61. The quantitative estimate of drug-likeness (QED) is 0.340. The molecular weight excluding hydrogens is 406 g/mol. The van der Waals surface area contributed by atoms with E-state index in [0.717, 1.165) is 16.6 Å². The lowest BCUT2D eigenvalue weighted by molar-refractivity contribution is 0.0954. The minimum Gasteiger partial charge on any atom is -0.493 e. The van der Waals surface area contributed by atoms with Crippen molar-refractivity contribution in [2.24, 2.45) is 5.10 Å². The third-order valence-electron chi connectivity index (χ3n) is 4.83. The fourth-order valence-corrected chi connectivity index (χ4v) is 3.15. The van der Waals surface area contributed by atoms with Crippen LogP contribution in [0, 0.1) is 0 Å². The number of fused-ring (bicyclic) bond motifs is 1. The van der Waals surface area contributed by atoms with Gasteiger partial charge in [0.05, 0.1) is 24.9 Å². The number of carbonyl (C=O) groups is 1. The van der Waals surface area contributed by atoms with Crippen LogP contribution in [-0.2, 0) is 13.2 Å². The number of benzene rings is 3. The summed E-state index contributed by atoms with van der Waals surface area (Å²) >= 11 is 0. The molecule has 0 saturated carbocycles. The van der Waals surface area contributed by atoms with Crippen LogP contribution in [0.3, 0.4) is 0 Å². The Balaban J connectivity index is 1.33. The predicted molar refractivity (Wildman–Crippen MR) is 122 cm³/mol. The molecule has 0 radical (unpaired) electrons. The molecular formula is C24H23N5O3. The summed E-state index contributed by atoms with van der Waals surface area (Å²) in [5.74, 6) is 1.06. The molecule has 0 bridgehead atoms. The van der Waals surface area contributed by atoms with Crippen molar-refractivity contribution in [1.82, 2.24) is 20.4 Å². The Bertz CT molecular complexity index is 1250. The van der Waals surface area contributed by atoms with Gasteiger partial charge in [0.1, 0.15) is 12.1 Å². The summed E-state index contributed by atoms with van der Waals surface area (Å²) in [6, 6.07) is 22.3. The van der Waals surface area contributed by atoms with Gasteiger partial charge in [-0.05, 0) is 48.9 Å². The van der Waals surface area contributed by atoms with Gasteiger partial charge in [-0.25, -0.2) is 10.1 Å². The second kappa shape index (κ2) is 9.74. The Kier molecular flexibility index (Phi) is 6.41. The maximum Gasteiger partial charge on any atom is 0.271 e. The first-order chi connectivity index (χ1) is 15.6. The van der Waals surface area contributed by atoms with E-state index in [1.54, 1.807) is 23.9 Å². The van der Waals surface area contributed by atoms with E-state index in [-0.39, 0.29) is 5.91 Å². The van der Waals surface area contributed by atoms with Crippen molar-refractivity contribution >= 4 is 22.7 Å². The van der Waals surface area contributed by atoms with Crippen LogP contribution >= 0.6 is 0 Å². The summed E-state index contributed by atoms with van der Waals surface area (Å²) in [4.78, 5) is 12.4. The highest BCUT2D eigenvalue weighted by Gasteiger charge is 2.08. The molecule has 8 nitrogen and oxygen atoms in total. The molecule has 0 fully saturated rings. The molecule has 0 saturated heterocycles. The van der Waals surface area contributed by atoms with E-state index in [2.05, 4.69) is 20.8 Å². The average molecular weight is 429 g/mol. The highest BCUT2D eigenvalue weighted by molar-refractivity contribution is 5.95. The molecule has 1 N–H and O–H groups in total. The second-order valence-corrected chi connectivity index (χ2v) is 7.16. The van der Waals surface area contributed by atoms with Gasteiger partial charge in [0, 0.05) is 5.56 Å². The summed E-state index contributed by atoms with van der Waals surface area (Å²) in [6.45, 7) is 2.63. The maximum absolute atomic E-state index is 12.4. The third kappa shape index (κ3) is 4.92. The normalized spacial score (nSPS) is 11.4. The lowest BCUT2D eigenvalue weighted by atomic mass is 10.1.